The third-order valence-corrected chi connectivity index (χ3v) is 6.47. The molecule has 6 nitrogen and oxygen atoms in total. The molecule has 0 bridgehead atoms. The van der Waals surface area contributed by atoms with Gasteiger partial charge in [0, 0.05) is 41.8 Å². The maximum absolute atomic E-state index is 12.4. The molecule has 1 saturated heterocycles. The summed E-state index contributed by atoms with van der Waals surface area (Å²) in [6.45, 7) is 5.42. The highest BCUT2D eigenvalue weighted by Gasteiger charge is 2.18. The van der Waals surface area contributed by atoms with Crippen molar-refractivity contribution in [2.75, 3.05) is 18.4 Å². The van der Waals surface area contributed by atoms with Crippen LogP contribution in [0.4, 0.5) is 5.13 Å². The van der Waals surface area contributed by atoms with E-state index in [1.54, 1.807) is 12.4 Å². The van der Waals surface area contributed by atoms with Crippen LogP contribution in [0.15, 0.2) is 35.3 Å². The summed E-state index contributed by atoms with van der Waals surface area (Å²) in [5, 5.41) is 8.41. The standard InChI is InChI=1S/C20H23N5OS2/c1-14-4-3-7-25(10-14)11-17-13-28-20(23-17)24-18(26)8-16-12-27-19(22-16)15-5-2-6-21-9-15/h2,5-6,9,12-14H,3-4,7-8,10-11H2,1H3,(H,23,24,26). The highest BCUT2D eigenvalue weighted by molar-refractivity contribution is 7.14. The Hall–Kier alpha value is -2.16. The zero-order valence-corrected chi connectivity index (χ0v) is 17.4. The third kappa shape index (κ3) is 5.01. The van der Waals surface area contributed by atoms with E-state index < -0.39 is 0 Å². The Morgan fingerprint density at radius 1 is 1.29 bits per heavy atom. The van der Waals surface area contributed by atoms with Crippen LogP contribution >= 0.6 is 22.7 Å². The SMILES string of the molecule is CC1CCCN(Cc2csc(NC(=O)Cc3csc(-c4cccnc4)n3)n2)C1. The molecule has 1 aliphatic heterocycles. The number of hydrogen-bond donors (Lipinski definition) is 1. The number of piperidine rings is 1. The maximum Gasteiger partial charge on any atom is 0.232 e. The lowest BCUT2D eigenvalue weighted by Crippen LogP contribution is -2.33. The topological polar surface area (TPSA) is 71.0 Å². The molecule has 28 heavy (non-hydrogen) atoms. The van der Waals surface area contributed by atoms with Crippen LogP contribution in [0.25, 0.3) is 10.6 Å². The molecule has 1 aliphatic rings. The van der Waals surface area contributed by atoms with Gasteiger partial charge in [0.25, 0.3) is 0 Å². The quantitative estimate of drug-likeness (QED) is 0.659. The molecular weight excluding hydrogens is 390 g/mol. The van der Waals surface area contributed by atoms with Crippen molar-refractivity contribution in [2.24, 2.45) is 5.92 Å². The molecule has 4 heterocycles. The summed E-state index contributed by atoms with van der Waals surface area (Å²) in [7, 11) is 0. The van der Waals surface area contributed by atoms with Crippen LogP contribution in [0, 0.1) is 5.92 Å². The highest BCUT2D eigenvalue weighted by Crippen LogP contribution is 2.24. The number of pyridine rings is 1. The number of rotatable bonds is 6. The van der Waals surface area contributed by atoms with E-state index in [1.165, 1.54) is 35.5 Å². The predicted molar refractivity (Wildman–Crippen MR) is 113 cm³/mol. The molecule has 8 heteroatoms. The molecule has 3 aromatic rings. The van der Waals surface area contributed by atoms with Crippen molar-refractivity contribution in [1.29, 1.82) is 0 Å². The molecule has 0 radical (unpaired) electrons. The highest BCUT2D eigenvalue weighted by atomic mass is 32.1. The number of anilines is 1. The van der Waals surface area contributed by atoms with Crippen molar-refractivity contribution in [3.63, 3.8) is 0 Å². The average molecular weight is 414 g/mol. The van der Waals surface area contributed by atoms with Gasteiger partial charge in [-0.2, -0.15) is 0 Å². The monoisotopic (exact) mass is 413 g/mol. The summed E-state index contributed by atoms with van der Waals surface area (Å²) in [4.78, 5) is 28.1. The van der Waals surface area contributed by atoms with Gasteiger partial charge in [0.1, 0.15) is 5.01 Å². The molecule has 0 aliphatic carbocycles. The zero-order chi connectivity index (χ0) is 19.3. The van der Waals surface area contributed by atoms with Gasteiger partial charge in [-0.25, -0.2) is 9.97 Å². The molecular formula is C20H23N5OS2. The molecule has 146 valence electrons. The van der Waals surface area contributed by atoms with Gasteiger partial charge in [-0.1, -0.05) is 6.92 Å². The van der Waals surface area contributed by atoms with Gasteiger partial charge in [-0.05, 0) is 37.4 Å². The van der Waals surface area contributed by atoms with Crippen LogP contribution in [0.3, 0.4) is 0 Å². The van der Waals surface area contributed by atoms with Gasteiger partial charge < -0.3 is 5.32 Å². The minimum atomic E-state index is -0.0875. The number of amides is 1. The Morgan fingerprint density at radius 3 is 3.00 bits per heavy atom. The van der Waals surface area contributed by atoms with E-state index in [2.05, 4.69) is 32.1 Å². The number of likely N-dealkylation sites (tertiary alicyclic amines) is 1. The van der Waals surface area contributed by atoms with Crippen molar-refractivity contribution in [3.05, 3.63) is 46.7 Å². The Labute approximate surface area is 172 Å². The second kappa shape index (κ2) is 8.89. The molecule has 0 aromatic carbocycles. The molecule has 3 aromatic heterocycles. The second-order valence-electron chi connectivity index (χ2n) is 7.24. The first-order chi connectivity index (χ1) is 13.7. The largest absolute Gasteiger partial charge is 0.302 e. The van der Waals surface area contributed by atoms with Crippen molar-refractivity contribution >= 4 is 33.7 Å². The Kier molecular flexibility index (Phi) is 6.09. The van der Waals surface area contributed by atoms with Crippen molar-refractivity contribution in [3.8, 4) is 10.6 Å². The summed E-state index contributed by atoms with van der Waals surface area (Å²) < 4.78 is 0. The van der Waals surface area contributed by atoms with E-state index in [9.17, 15) is 4.79 Å². The maximum atomic E-state index is 12.4. The van der Waals surface area contributed by atoms with Gasteiger partial charge in [-0.3, -0.25) is 14.7 Å². The zero-order valence-electron chi connectivity index (χ0n) is 15.8. The van der Waals surface area contributed by atoms with Crippen LogP contribution < -0.4 is 5.32 Å². The van der Waals surface area contributed by atoms with Crippen LogP contribution in [-0.4, -0.2) is 38.8 Å². The van der Waals surface area contributed by atoms with Crippen molar-refractivity contribution in [2.45, 2.75) is 32.7 Å². The molecule has 4 rings (SSSR count). The van der Waals surface area contributed by atoms with E-state index in [1.807, 2.05) is 22.9 Å². The first-order valence-electron chi connectivity index (χ1n) is 9.47. The fourth-order valence-corrected chi connectivity index (χ4v) is 4.96. The summed E-state index contributed by atoms with van der Waals surface area (Å²) in [5.74, 6) is 0.664. The fraction of sp³-hybridized carbons (Fsp3) is 0.400. The molecule has 1 atom stereocenters. The molecule has 1 fully saturated rings. The van der Waals surface area contributed by atoms with E-state index >= 15 is 0 Å². The van der Waals surface area contributed by atoms with Crippen molar-refractivity contribution < 1.29 is 4.79 Å². The summed E-state index contributed by atoms with van der Waals surface area (Å²) in [6.07, 6.45) is 6.33. The molecule has 1 amide bonds. The Morgan fingerprint density at radius 2 is 2.18 bits per heavy atom. The van der Waals surface area contributed by atoms with E-state index in [4.69, 9.17) is 0 Å². The molecule has 0 spiro atoms. The summed E-state index contributed by atoms with van der Waals surface area (Å²) >= 11 is 3.01. The fourth-order valence-electron chi connectivity index (χ4n) is 3.43. The lowest BCUT2D eigenvalue weighted by atomic mass is 10.0. The Balaban J connectivity index is 1.31. The van der Waals surface area contributed by atoms with Gasteiger partial charge in [-0.15, -0.1) is 22.7 Å². The summed E-state index contributed by atoms with van der Waals surface area (Å²) in [5.41, 5.74) is 2.76. The number of carbonyl (C=O) groups excluding carboxylic acids is 1. The van der Waals surface area contributed by atoms with Crippen LogP contribution in [0.1, 0.15) is 31.2 Å². The van der Waals surface area contributed by atoms with Crippen molar-refractivity contribution in [1.82, 2.24) is 19.9 Å². The molecule has 1 N–H and O–H groups in total. The van der Waals surface area contributed by atoms with Gasteiger partial charge >= 0.3 is 0 Å². The lowest BCUT2D eigenvalue weighted by Gasteiger charge is -2.30. The number of nitrogens with one attached hydrogen (secondary N) is 1. The number of hydrogen-bond acceptors (Lipinski definition) is 7. The second-order valence-corrected chi connectivity index (χ2v) is 8.95. The van der Waals surface area contributed by atoms with Gasteiger partial charge in [0.15, 0.2) is 5.13 Å². The predicted octanol–water partition coefficient (Wildman–Crippen LogP) is 4.07. The van der Waals surface area contributed by atoms with E-state index in [-0.39, 0.29) is 12.3 Å². The van der Waals surface area contributed by atoms with Gasteiger partial charge in [0.2, 0.25) is 5.91 Å². The summed E-state index contributed by atoms with van der Waals surface area (Å²) in [6, 6.07) is 3.85. The van der Waals surface area contributed by atoms with Crippen LogP contribution in [0.5, 0.6) is 0 Å². The number of carbonyl (C=O) groups is 1. The van der Waals surface area contributed by atoms with Gasteiger partial charge in [0.05, 0.1) is 17.8 Å². The van der Waals surface area contributed by atoms with E-state index in [0.29, 0.717) is 5.13 Å². The van der Waals surface area contributed by atoms with Crippen LogP contribution in [-0.2, 0) is 17.8 Å². The van der Waals surface area contributed by atoms with Crippen LogP contribution in [0.2, 0.25) is 0 Å². The molecule has 1 unspecified atom stereocenters. The average Bonchev–Trinajstić information content (AvgIpc) is 3.32. The molecule has 0 saturated carbocycles. The first kappa shape index (κ1) is 19.2. The van der Waals surface area contributed by atoms with E-state index in [0.717, 1.165) is 47.5 Å². The number of nitrogens with zero attached hydrogens (tertiary/aromatic N) is 4. The number of aromatic nitrogens is 3. The lowest BCUT2D eigenvalue weighted by molar-refractivity contribution is -0.115. The normalized spacial score (nSPS) is 17.5. The third-order valence-electron chi connectivity index (χ3n) is 4.73. The first-order valence-corrected chi connectivity index (χ1v) is 11.2. The number of thiazole rings is 2. The Bertz CT molecular complexity index is 924. The minimum absolute atomic E-state index is 0.0875. The smallest absolute Gasteiger partial charge is 0.232 e. The minimum Gasteiger partial charge on any atom is -0.302 e.